The first kappa shape index (κ1) is 23.1. The first-order valence-corrected chi connectivity index (χ1v) is 11.2. The van der Waals surface area contributed by atoms with Crippen LogP contribution in [0.15, 0.2) is 0 Å². The molecule has 0 rings (SSSR count). The van der Waals surface area contributed by atoms with E-state index >= 15 is 0 Å². The second kappa shape index (κ2) is 17.9. The van der Waals surface area contributed by atoms with Crippen molar-refractivity contribution in [3.05, 3.63) is 0 Å². The Kier molecular flexibility index (Phi) is 21.8. The van der Waals surface area contributed by atoms with Crippen molar-refractivity contribution in [2.24, 2.45) is 0 Å². The van der Waals surface area contributed by atoms with Gasteiger partial charge < -0.3 is 19.2 Å². The molecule has 0 aromatic heterocycles. The molecular weight excluding hydrogens is 411 g/mol. The summed E-state index contributed by atoms with van der Waals surface area (Å²) in [5.74, 6) is 1.07. The molecular formula is C12H25CeO4PS. The summed E-state index contributed by atoms with van der Waals surface area (Å²) in [5.41, 5.74) is 0. The summed E-state index contributed by atoms with van der Waals surface area (Å²) >= 11 is 5.62. The van der Waals surface area contributed by atoms with Crippen molar-refractivity contribution in [3.63, 3.8) is 0 Å². The zero-order valence-electron chi connectivity index (χ0n) is 11.5. The van der Waals surface area contributed by atoms with Crippen LogP contribution in [0.4, 0.5) is 0 Å². The fraction of sp³-hybridized carbons (Fsp3) is 1.00. The Balaban J connectivity index is 0. The van der Waals surface area contributed by atoms with Crippen LogP contribution in [0, 0.1) is 39.6 Å². The first-order valence-electron chi connectivity index (χ1n) is 6.90. The molecule has 0 aromatic rings. The van der Waals surface area contributed by atoms with Gasteiger partial charge in [0.15, 0.2) is 0 Å². The zero-order chi connectivity index (χ0) is 15.0. The number of unbranched alkanes of at least 4 members (excludes halogenated alkanes) is 9. The van der Waals surface area contributed by atoms with Gasteiger partial charge in [0.1, 0.15) is 0 Å². The third kappa shape index (κ3) is 38.3. The fourth-order valence-electron chi connectivity index (χ4n) is 1.65. The Hall–Kier alpha value is 1.84. The molecule has 0 amide bonds. The second-order valence-corrected chi connectivity index (χ2v) is 7.37. The number of hydrogen-bond donors (Lipinski definition) is 1. The van der Waals surface area contributed by atoms with Gasteiger partial charge in [-0.25, -0.2) is 0 Å². The average molecular weight is 436 g/mol. The molecule has 7 heteroatoms. The summed E-state index contributed by atoms with van der Waals surface area (Å²) in [6.45, 7) is 0. The van der Waals surface area contributed by atoms with Gasteiger partial charge in [0, 0.05) is 0 Å². The summed E-state index contributed by atoms with van der Waals surface area (Å²) in [6.07, 6.45) is 14.5. The molecule has 4 nitrogen and oxygen atoms in total. The molecule has 0 fully saturated rings. The molecule has 19 heavy (non-hydrogen) atoms. The van der Waals surface area contributed by atoms with Crippen LogP contribution >= 0.6 is 20.5 Å². The van der Waals surface area contributed by atoms with E-state index in [1.165, 1.54) is 106 Å². The van der Waals surface area contributed by atoms with E-state index in [-0.39, 0.29) is 0 Å². The molecule has 0 aliphatic rings. The van der Waals surface area contributed by atoms with Gasteiger partial charge in [0.2, 0.25) is 0 Å². The van der Waals surface area contributed by atoms with E-state index in [4.69, 9.17) is 19.2 Å². The topological polar surface area (TPSA) is 86.2 Å². The van der Waals surface area contributed by atoms with E-state index in [9.17, 15) is 0 Å². The minimum atomic E-state index is -5.39. The van der Waals surface area contributed by atoms with Crippen LogP contribution in [-0.2, 0) is 4.57 Å². The maximum absolute atomic E-state index is 8.55. The van der Waals surface area contributed by atoms with Crippen molar-refractivity contribution in [3.8, 4) is 0 Å². The van der Waals surface area contributed by atoms with E-state index < -0.39 is 7.82 Å². The SMILES string of the molecule is O=P([O-])([O-])[O-].SCCCCCCCCCCC[CH2][Ce+3]. The van der Waals surface area contributed by atoms with Gasteiger partial charge in [-0.2, -0.15) is 20.5 Å². The van der Waals surface area contributed by atoms with Crippen LogP contribution in [0.1, 0.15) is 64.2 Å². The quantitative estimate of drug-likeness (QED) is 0.305. The van der Waals surface area contributed by atoms with Crippen LogP contribution in [0.2, 0.25) is 1.94 Å². The van der Waals surface area contributed by atoms with Gasteiger partial charge in [-0.15, -0.1) is 0 Å². The number of hydrogen-bond acceptors (Lipinski definition) is 5. The fourth-order valence-corrected chi connectivity index (χ4v) is 2.66. The summed E-state index contributed by atoms with van der Waals surface area (Å²) in [5, 5.41) is 0. The minimum absolute atomic E-state index is 1.07. The van der Waals surface area contributed by atoms with Crippen molar-refractivity contribution >= 4 is 20.5 Å². The molecule has 0 aliphatic carbocycles. The van der Waals surface area contributed by atoms with E-state index in [0.717, 1.165) is 5.75 Å². The Labute approximate surface area is 150 Å². The molecule has 0 heterocycles. The number of thiol groups is 1. The Morgan fingerprint density at radius 2 is 1.00 bits per heavy atom. The van der Waals surface area contributed by atoms with E-state index in [1.54, 1.807) is 0 Å². The van der Waals surface area contributed by atoms with Gasteiger partial charge >= 0.3 is 112 Å². The zero-order valence-corrected chi connectivity index (χ0v) is 16.4. The molecule has 112 valence electrons. The van der Waals surface area contributed by atoms with Gasteiger partial charge in [0.05, 0.1) is 0 Å². The van der Waals surface area contributed by atoms with Crippen molar-refractivity contribution < 1.29 is 58.9 Å². The predicted molar refractivity (Wildman–Crippen MR) is 72.4 cm³/mol. The summed E-state index contributed by atoms with van der Waals surface area (Å²) in [7, 11) is -5.39. The van der Waals surface area contributed by atoms with Crippen LogP contribution in [0.25, 0.3) is 0 Å². The summed E-state index contributed by atoms with van der Waals surface area (Å²) in [4.78, 5) is 25.6. The predicted octanol–water partition coefficient (Wildman–Crippen LogP) is 1.96. The van der Waals surface area contributed by atoms with Gasteiger partial charge in [-0.1, -0.05) is 0 Å². The van der Waals surface area contributed by atoms with Crippen molar-refractivity contribution in [1.82, 2.24) is 0 Å². The normalized spacial score (nSPS) is 11.1. The van der Waals surface area contributed by atoms with Gasteiger partial charge in [-0.05, 0) is 0 Å². The Bertz CT molecular complexity index is 194. The van der Waals surface area contributed by atoms with Crippen LogP contribution < -0.4 is 14.7 Å². The molecule has 0 bridgehead atoms. The second-order valence-electron chi connectivity index (χ2n) is 4.46. The van der Waals surface area contributed by atoms with Crippen LogP contribution in [-0.4, -0.2) is 5.75 Å². The van der Waals surface area contributed by atoms with Crippen LogP contribution in [0.5, 0.6) is 0 Å². The Morgan fingerprint density at radius 1 is 0.737 bits per heavy atom. The summed E-state index contributed by atoms with van der Waals surface area (Å²) in [6, 6.07) is 0. The monoisotopic (exact) mass is 436 g/mol. The molecule has 0 saturated heterocycles. The maximum atomic E-state index is 8.55. The molecule has 0 saturated carbocycles. The third-order valence-electron chi connectivity index (χ3n) is 2.58. The van der Waals surface area contributed by atoms with Crippen molar-refractivity contribution in [2.45, 2.75) is 66.1 Å². The Morgan fingerprint density at radius 3 is 1.26 bits per heavy atom. The molecule has 0 aromatic carbocycles. The van der Waals surface area contributed by atoms with Gasteiger partial charge in [0.25, 0.3) is 0 Å². The summed E-state index contributed by atoms with van der Waals surface area (Å²) < 4.78 is 10.1. The van der Waals surface area contributed by atoms with Crippen molar-refractivity contribution in [1.29, 1.82) is 0 Å². The van der Waals surface area contributed by atoms with E-state index in [2.05, 4.69) is 12.6 Å². The van der Waals surface area contributed by atoms with Crippen molar-refractivity contribution in [2.75, 3.05) is 5.75 Å². The standard InChI is InChI=1S/C12H25S.Ce.H3O4P/c1-2-3-4-5-6-7-8-9-10-11-12-13;;1-5(2,3)4/h13H,1-12H2;;(H3,1,2,3,4)/q;+3;/p-3. The molecule has 0 aliphatic heterocycles. The molecule has 0 spiro atoms. The molecule has 0 unspecified atom stereocenters. The molecule has 0 N–H and O–H groups in total. The molecule has 0 radical (unpaired) electrons. The number of phosphoric acid groups is 1. The molecule has 0 atom stereocenters. The van der Waals surface area contributed by atoms with Gasteiger partial charge in [-0.3, -0.25) is 0 Å². The third-order valence-corrected chi connectivity index (χ3v) is 4.01. The number of rotatable bonds is 11. The first-order chi connectivity index (χ1) is 8.91. The van der Waals surface area contributed by atoms with E-state index in [1.807, 2.05) is 0 Å². The average Bonchev–Trinajstić information content (AvgIpc) is 2.29. The van der Waals surface area contributed by atoms with E-state index in [0.29, 0.717) is 0 Å². The van der Waals surface area contributed by atoms with Crippen LogP contribution in [0.3, 0.4) is 0 Å².